The lowest BCUT2D eigenvalue weighted by atomic mass is 10.3. The Hall–Kier alpha value is 0.452. The molecule has 1 atom stereocenters. The number of ether oxygens (including phenoxy) is 1. The van der Waals surface area contributed by atoms with Crippen LogP contribution in [-0.4, -0.2) is 27.4 Å². The van der Waals surface area contributed by atoms with Crippen LogP contribution in [0.3, 0.4) is 0 Å². The Morgan fingerprint density at radius 2 is 1.91 bits per heavy atom. The maximum Gasteiger partial charge on any atom is 0.455 e. The first-order chi connectivity index (χ1) is 5.20. The second-order valence-electron chi connectivity index (χ2n) is 2.86. The molecule has 1 unspecified atom stereocenters. The Labute approximate surface area is 74.6 Å². The number of hydrogen-bond donors (Lipinski definition) is 0. The summed E-state index contributed by atoms with van der Waals surface area (Å²) in [7, 11) is 0. The van der Waals surface area contributed by atoms with Crippen molar-refractivity contribution >= 4 is 14.5 Å². The highest BCUT2D eigenvalue weighted by atomic mass is 27.2. The Morgan fingerprint density at radius 1 is 1.27 bits per heavy atom. The van der Waals surface area contributed by atoms with E-state index in [4.69, 9.17) is 8.53 Å². The molecule has 0 N–H and O–H groups in total. The summed E-state index contributed by atoms with van der Waals surface area (Å²) in [6.07, 6.45) is 2.22. The lowest BCUT2D eigenvalue weighted by Gasteiger charge is -2.19. The van der Waals surface area contributed by atoms with Crippen LogP contribution in [0.25, 0.3) is 0 Å². The summed E-state index contributed by atoms with van der Waals surface area (Å²) in [5.41, 5.74) is 0. The summed E-state index contributed by atoms with van der Waals surface area (Å²) >= 11 is -0.917. The van der Waals surface area contributed by atoms with Crippen molar-refractivity contribution in [1.82, 2.24) is 0 Å². The molecule has 0 saturated carbocycles. The van der Waals surface area contributed by atoms with Crippen molar-refractivity contribution < 1.29 is 8.53 Å². The van der Waals surface area contributed by atoms with Crippen LogP contribution in [0, 0.1) is 0 Å². The normalized spacial score (nSPS) is 13.1. The molecule has 66 valence electrons. The molecule has 0 aliphatic heterocycles. The van der Waals surface area contributed by atoms with Gasteiger partial charge in [0.25, 0.3) is 0 Å². The molecule has 0 aromatic carbocycles. The zero-order valence-corrected chi connectivity index (χ0v) is 9.25. The van der Waals surface area contributed by atoms with Crippen molar-refractivity contribution in [1.29, 1.82) is 0 Å². The first kappa shape index (κ1) is 11.5. The fourth-order valence-electron chi connectivity index (χ4n) is 0.916. The van der Waals surface area contributed by atoms with E-state index in [1.165, 1.54) is 0 Å². The first-order valence-corrected chi connectivity index (χ1v) is 7.25. The lowest BCUT2D eigenvalue weighted by Crippen LogP contribution is -2.23. The minimum Gasteiger partial charge on any atom is -0.478 e. The zero-order chi connectivity index (χ0) is 8.69. The van der Waals surface area contributed by atoms with Crippen LogP contribution in [-0.2, 0) is 8.53 Å². The molecule has 0 aromatic heterocycles. The third-order valence-corrected chi connectivity index (χ3v) is 2.15. The second kappa shape index (κ2) is 7.12. The molecule has 0 aliphatic rings. The molecule has 0 aliphatic carbocycles. The zero-order valence-electron chi connectivity index (χ0n) is 8.09. The van der Waals surface area contributed by atoms with Crippen LogP contribution in [0.5, 0.6) is 0 Å². The Morgan fingerprint density at radius 3 is 2.27 bits per heavy atom. The van der Waals surface area contributed by atoms with E-state index in [0.29, 0.717) is 0 Å². The van der Waals surface area contributed by atoms with E-state index in [-0.39, 0.29) is 6.29 Å². The number of hydrogen-bond acceptors (Lipinski definition) is 2. The van der Waals surface area contributed by atoms with Gasteiger partial charge in [-0.2, -0.15) is 0 Å². The average Bonchev–Trinajstić information content (AvgIpc) is 1.87. The molecule has 0 amide bonds. The second-order valence-corrected chi connectivity index (χ2v) is 5.23. The summed E-state index contributed by atoms with van der Waals surface area (Å²) in [6, 6.07) is 0. The molecular formula is C8H19AlO2. The average molecular weight is 174 g/mol. The van der Waals surface area contributed by atoms with Gasteiger partial charge in [0.1, 0.15) is 6.29 Å². The quantitative estimate of drug-likeness (QED) is 0.454. The molecule has 0 saturated heterocycles. The standard InChI is InChI=1S/C6H13O2.2CH3.Al/c1-3-5-6(7)8-4-2;;;/h6H,3-5H2,1-2H3;2*1H3;/q-1;;;+1. The van der Waals surface area contributed by atoms with E-state index in [2.05, 4.69) is 18.5 Å². The fraction of sp³-hybridized carbons (Fsp3) is 1.00. The molecule has 0 bridgehead atoms. The van der Waals surface area contributed by atoms with Crippen molar-refractivity contribution in [3.63, 3.8) is 0 Å². The van der Waals surface area contributed by atoms with Gasteiger partial charge >= 0.3 is 14.5 Å². The van der Waals surface area contributed by atoms with Gasteiger partial charge in [-0.3, -0.25) is 0 Å². The van der Waals surface area contributed by atoms with Gasteiger partial charge in [-0.1, -0.05) is 24.9 Å². The van der Waals surface area contributed by atoms with Crippen LogP contribution in [0.1, 0.15) is 26.7 Å². The molecule has 0 aromatic rings. The van der Waals surface area contributed by atoms with Crippen molar-refractivity contribution in [2.75, 3.05) is 6.61 Å². The van der Waals surface area contributed by atoms with Crippen LogP contribution >= 0.6 is 0 Å². The molecule has 0 spiro atoms. The summed E-state index contributed by atoms with van der Waals surface area (Å²) in [4.78, 5) is 0. The van der Waals surface area contributed by atoms with Crippen LogP contribution in [0.15, 0.2) is 0 Å². The van der Waals surface area contributed by atoms with E-state index in [1.807, 2.05) is 6.92 Å². The maximum absolute atomic E-state index is 5.65. The maximum atomic E-state index is 5.65. The van der Waals surface area contributed by atoms with E-state index >= 15 is 0 Å². The fourth-order valence-corrected chi connectivity index (χ4v) is 1.74. The van der Waals surface area contributed by atoms with Crippen LogP contribution in [0.2, 0.25) is 11.6 Å². The monoisotopic (exact) mass is 174 g/mol. The minimum atomic E-state index is -0.917. The topological polar surface area (TPSA) is 18.5 Å². The summed E-state index contributed by atoms with van der Waals surface area (Å²) in [6.45, 7) is 4.91. The SMILES string of the molecule is CCCC(OCC)[O][Al]([CH3])[CH3]. The third kappa shape index (κ3) is 6.84. The van der Waals surface area contributed by atoms with Crippen molar-refractivity contribution in [2.45, 2.75) is 44.6 Å². The van der Waals surface area contributed by atoms with E-state index < -0.39 is 14.5 Å². The van der Waals surface area contributed by atoms with E-state index in [0.717, 1.165) is 19.4 Å². The Bertz CT molecular complexity index is 80.2. The summed E-state index contributed by atoms with van der Waals surface area (Å²) in [5, 5.41) is 0. The van der Waals surface area contributed by atoms with Crippen LogP contribution in [0.4, 0.5) is 0 Å². The molecule has 0 fully saturated rings. The van der Waals surface area contributed by atoms with Gasteiger partial charge in [0, 0.05) is 6.61 Å². The summed E-state index contributed by atoms with van der Waals surface area (Å²) < 4.78 is 11.1. The Kier molecular flexibility index (Phi) is 7.41. The molecule has 2 nitrogen and oxygen atoms in total. The Balaban J connectivity index is 3.50. The lowest BCUT2D eigenvalue weighted by molar-refractivity contribution is -0.0818. The predicted molar refractivity (Wildman–Crippen MR) is 48.9 cm³/mol. The predicted octanol–water partition coefficient (Wildman–Crippen LogP) is 2.42. The highest BCUT2D eigenvalue weighted by Crippen LogP contribution is 2.05. The first-order valence-electron chi connectivity index (χ1n) is 4.47. The highest BCUT2D eigenvalue weighted by Gasteiger charge is 2.12. The van der Waals surface area contributed by atoms with Crippen molar-refractivity contribution in [3.05, 3.63) is 0 Å². The van der Waals surface area contributed by atoms with E-state index in [1.54, 1.807) is 0 Å². The van der Waals surface area contributed by atoms with Gasteiger partial charge < -0.3 is 8.53 Å². The van der Waals surface area contributed by atoms with Gasteiger partial charge in [0.15, 0.2) is 0 Å². The van der Waals surface area contributed by atoms with Gasteiger partial charge in [0.2, 0.25) is 0 Å². The molecule has 11 heavy (non-hydrogen) atoms. The van der Waals surface area contributed by atoms with E-state index in [9.17, 15) is 0 Å². The minimum absolute atomic E-state index is 0.0664. The molecule has 0 radical (unpaired) electrons. The van der Waals surface area contributed by atoms with Crippen molar-refractivity contribution in [3.8, 4) is 0 Å². The molecule has 0 rings (SSSR count). The molecule has 3 heteroatoms. The third-order valence-electron chi connectivity index (χ3n) is 1.30. The van der Waals surface area contributed by atoms with Gasteiger partial charge in [-0.15, -0.1) is 0 Å². The smallest absolute Gasteiger partial charge is 0.455 e. The largest absolute Gasteiger partial charge is 0.478 e. The molecule has 0 heterocycles. The van der Waals surface area contributed by atoms with Crippen molar-refractivity contribution in [2.24, 2.45) is 0 Å². The van der Waals surface area contributed by atoms with Gasteiger partial charge in [0.05, 0.1) is 0 Å². The number of rotatable bonds is 6. The summed E-state index contributed by atoms with van der Waals surface area (Å²) in [5.74, 6) is 4.34. The van der Waals surface area contributed by atoms with Crippen LogP contribution < -0.4 is 0 Å². The molecular weight excluding hydrogens is 155 g/mol. The van der Waals surface area contributed by atoms with Gasteiger partial charge in [-0.05, 0) is 13.3 Å². The van der Waals surface area contributed by atoms with Gasteiger partial charge in [-0.25, -0.2) is 0 Å². The highest BCUT2D eigenvalue weighted by molar-refractivity contribution is 6.48.